The zero-order chi connectivity index (χ0) is 27.5. The van der Waals surface area contributed by atoms with Crippen molar-refractivity contribution >= 4 is 11.3 Å². The molecule has 0 aliphatic carbocycles. The molecule has 0 fully saturated rings. The number of nitriles is 1. The van der Waals surface area contributed by atoms with Gasteiger partial charge in [0.15, 0.2) is 11.6 Å². The van der Waals surface area contributed by atoms with E-state index in [1.54, 1.807) is 22.5 Å². The van der Waals surface area contributed by atoms with Crippen molar-refractivity contribution in [3.05, 3.63) is 72.6 Å². The molecule has 0 bridgehead atoms. The Bertz CT molecular complexity index is 1680. The Hall–Kier alpha value is -4.95. The number of aromatic nitrogens is 6. The molecule has 0 saturated heterocycles. The SMILES string of the molecule is COc1ccc(CN2CCCOc3cc(-c4cc(-c5cnn(C)c5)cn5ncc(C#N)c45)cnc3NCC2)cn1. The van der Waals surface area contributed by atoms with Crippen LogP contribution in [0.15, 0.2) is 61.4 Å². The van der Waals surface area contributed by atoms with Crippen LogP contribution in [-0.2, 0) is 13.6 Å². The van der Waals surface area contributed by atoms with Gasteiger partial charge in [-0.3, -0.25) is 9.58 Å². The Labute approximate surface area is 231 Å². The van der Waals surface area contributed by atoms with Gasteiger partial charge in [0.2, 0.25) is 5.88 Å². The number of methoxy groups -OCH3 is 1. The molecule has 11 heteroatoms. The highest BCUT2D eigenvalue weighted by atomic mass is 16.5. The Morgan fingerprint density at radius 3 is 2.73 bits per heavy atom. The number of nitrogens with zero attached hydrogens (tertiary/aromatic N) is 8. The summed E-state index contributed by atoms with van der Waals surface area (Å²) < 4.78 is 14.9. The molecule has 0 unspecified atom stereocenters. The molecule has 0 atom stereocenters. The number of ether oxygens (including phenoxy) is 2. The second kappa shape index (κ2) is 11.0. The first kappa shape index (κ1) is 25.3. The smallest absolute Gasteiger partial charge is 0.212 e. The quantitative estimate of drug-likeness (QED) is 0.359. The molecule has 1 aliphatic heterocycles. The number of fused-ring (bicyclic) bond motifs is 2. The standard InChI is InChI=1S/C29H29N9O2/c1-36-18-24(16-34-36)22-10-25(28-23(12-30)15-35-38(28)19-22)21-11-26-29(33-14-21)31-6-8-37(7-3-9-40-26)17-20-4-5-27(39-2)32-13-20/h4-5,10-11,13-16,18-19H,3,6-9,17H2,1-2H3,(H,31,33). The zero-order valence-electron chi connectivity index (χ0n) is 22.4. The summed E-state index contributed by atoms with van der Waals surface area (Å²) in [4.78, 5) is 11.4. The third-order valence-corrected chi connectivity index (χ3v) is 6.94. The second-order valence-electron chi connectivity index (χ2n) is 9.69. The minimum atomic E-state index is 0.499. The molecule has 0 radical (unpaired) electrons. The number of pyridine rings is 3. The summed E-state index contributed by atoms with van der Waals surface area (Å²) in [6, 6.07) is 10.3. The molecule has 1 aliphatic rings. The van der Waals surface area contributed by atoms with E-state index in [0.29, 0.717) is 36.2 Å². The maximum atomic E-state index is 9.76. The summed E-state index contributed by atoms with van der Waals surface area (Å²) >= 11 is 0. The van der Waals surface area contributed by atoms with Gasteiger partial charge in [-0.25, -0.2) is 14.5 Å². The number of aryl methyl sites for hydroxylation is 1. The van der Waals surface area contributed by atoms with Crippen LogP contribution in [0, 0.1) is 11.3 Å². The van der Waals surface area contributed by atoms with E-state index >= 15 is 0 Å². The minimum Gasteiger partial charge on any atom is -0.490 e. The third kappa shape index (κ3) is 5.17. The van der Waals surface area contributed by atoms with E-state index < -0.39 is 0 Å². The molecule has 0 aromatic carbocycles. The van der Waals surface area contributed by atoms with Crippen LogP contribution in [0.25, 0.3) is 27.8 Å². The molecule has 6 heterocycles. The van der Waals surface area contributed by atoms with E-state index in [4.69, 9.17) is 14.5 Å². The van der Waals surface area contributed by atoms with Gasteiger partial charge in [0.1, 0.15) is 6.07 Å². The molecule has 202 valence electrons. The normalized spacial score (nSPS) is 14.1. The average Bonchev–Trinajstić information content (AvgIpc) is 3.61. The predicted molar refractivity (Wildman–Crippen MR) is 150 cm³/mol. The fourth-order valence-electron chi connectivity index (χ4n) is 4.94. The molecule has 11 nitrogen and oxygen atoms in total. The fourth-order valence-corrected chi connectivity index (χ4v) is 4.94. The van der Waals surface area contributed by atoms with Gasteiger partial charge in [0.05, 0.1) is 37.2 Å². The van der Waals surface area contributed by atoms with Crippen molar-refractivity contribution in [3.8, 4) is 40.0 Å². The fraction of sp³-hybridized carbons (Fsp3) is 0.276. The van der Waals surface area contributed by atoms with Crippen LogP contribution < -0.4 is 14.8 Å². The highest BCUT2D eigenvalue weighted by Gasteiger charge is 2.18. The molecular weight excluding hydrogens is 506 g/mol. The highest BCUT2D eigenvalue weighted by Crippen LogP contribution is 2.35. The van der Waals surface area contributed by atoms with E-state index in [2.05, 4.69) is 37.5 Å². The van der Waals surface area contributed by atoms with Crippen molar-refractivity contribution in [2.24, 2.45) is 7.05 Å². The topological polar surface area (TPSA) is 118 Å². The Kier molecular flexibility index (Phi) is 6.99. The van der Waals surface area contributed by atoms with Crippen molar-refractivity contribution in [2.75, 3.05) is 38.7 Å². The maximum absolute atomic E-state index is 9.76. The number of hydrogen-bond acceptors (Lipinski definition) is 9. The summed E-state index contributed by atoms with van der Waals surface area (Å²) in [5, 5.41) is 22.0. The Morgan fingerprint density at radius 2 is 1.95 bits per heavy atom. The zero-order valence-corrected chi connectivity index (χ0v) is 22.4. The molecule has 0 saturated carbocycles. The maximum Gasteiger partial charge on any atom is 0.212 e. The first-order valence-corrected chi connectivity index (χ1v) is 13.1. The molecule has 6 rings (SSSR count). The number of rotatable bonds is 5. The van der Waals surface area contributed by atoms with Crippen molar-refractivity contribution in [1.29, 1.82) is 5.26 Å². The van der Waals surface area contributed by atoms with Gasteiger partial charge in [-0.1, -0.05) is 6.07 Å². The third-order valence-electron chi connectivity index (χ3n) is 6.94. The number of nitrogens with one attached hydrogen (secondary N) is 1. The van der Waals surface area contributed by atoms with Gasteiger partial charge in [-0.05, 0) is 24.1 Å². The van der Waals surface area contributed by atoms with E-state index in [9.17, 15) is 5.26 Å². The molecular formula is C29H29N9O2. The summed E-state index contributed by atoms with van der Waals surface area (Å²) in [5.74, 6) is 2.00. The van der Waals surface area contributed by atoms with Crippen LogP contribution in [0.5, 0.6) is 11.6 Å². The number of hydrogen-bond donors (Lipinski definition) is 1. The lowest BCUT2D eigenvalue weighted by Crippen LogP contribution is -2.31. The van der Waals surface area contributed by atoms with Gasteiger partial charge < -0.3 is 14.8 Å². The highest BCUT2D eigenvalue weighted by molar-refractivity contribution is 5.88. The molecule has 5 aromatic rings. The summed E-state index contributed by atoms with van der Waals surface area (Å²) in [6.07, 6.45) is 11.8. The van der Waals surface area contributed by atoms with Crippen LogP contribution in [0.3, 0.4) is 0 Å². The van der Waals surface area contributed by atoms with E-state index in [1.165, 1.54) is 0 Å². The molecule has 0 amide bonds. The van der Waals surface area contributed by atoms with Crippen LogP contribution in [0.1, 0.15) is 17.5 Å². The number of anilines is 1. The first-order valence-electron chi connectivity index (χ1n) is 13.1. The van der Waals surface area contributed by atoms with Gasteiger partial charge in [0.25, 0.3) is 0 Å². The summed E-state index contributed by atoms with van der Waals surface area (Å²) in [7, 11) is 3.50. The lowest BCUT2D eigenvalue weighted by molar-refractivity contribution is 0.230. The molecule has 0 spiro atoms. The average molecular weight is 536 g/mol. The van der Waals surface area contributed by atoms with Gasteiger partial charge in [-0.2, -0.15) is 15.5 Å². The van der Waals surface area contributed by atoms with Crippen LogP contribution in [-0.4, -0.2) is 67.6 Å². The lowest BCUT2D eigenvalue weighted by Gasteiger charge is -2.25. The van der Waals surface area contributed by atoms with E-state index in [-0.39, 0.29) is 0 Å². The van der Waals surface area contributed by atoms with Gasteiger partial charge in [0, 0.05) is 86.3 Å². The second-order valence-corrected chi connectivity index (χ2v) is 9.69. The monoisotopic (exact) mass is 535 g/mol. The van der Waals surface area contributed by atoms with Crippen molar-refractivity contribution in [1.82, 2.24) is 34.3 Å². The van der Waals surface area contributed by atoms with E-state index in [1.807, 2.05) is 56.2 Å². The molecule has 5 aromatic heterocycles. The summed E-state index contributed by atoms with van der Waals surface area (Å²) in [5.41, 5.74) is 5.96. The lowest BCUT2D eigenvalue weighted by atomic mass is 10.0. The Balaban J connectivity index is 1.27. The Morgan fingerprint density at radius 1 is 1.02 bits per heavy atom. The van der Waals surface area contributed by atoms with Crippen LogP contribution >= 0.6 is 0 Å². The first-order chi connectivity index (χ1) is 19.6. The minimum absolute atomic E-state index is 0.499. The largest absolute Gasteiger partial charge is 0.490 e. The van der Waals surface area contributed by atoms with Crippen molar-refractivity contribution < 1.29 is 9.47 Å². The van der Waals surface area contributed by atoms with Crippen molar-refractivity contribution in [3.63, 3.8) is 0 Å². The predicted octanol–water partition coefficient (Wildman–Crippen LogP) is 3.77. The van der Waals surface area contributed by atoms with Gasteiger partial charge >= 0.3 is 0 Å². The molecule has 1 N–H and O–H groups in total. The summed E-state index contributed by atoms with van der Waals surface area (Å²) in [6.45, 7) is 3.82. The van der Waals surface area contributed by atoms with Crippen molar-refractivity contribution in [2.45, 2.75) is 13.0 Å². The van der Waals surface area contributed by atoms with Crippen LogP contribution in [0.2, 0.25) is 0 Å². The van der Waals surface area contributed by atoms with E-state index in [0.717, 1.165) is 59.4 Å². The molecule has 40 heavy (non-hydrogen) atoms. The van der Waals surface area contributed by atoms with Crippen LogP contribution in [0.4, 0.5) is 5.82 Å². The van der Waals surface area contributed by atoms with Gasteiger partial charge in [-0.15, -0.1) is 0 Å².